The molecule has 0 spiro atoms. The molecule has 1 aromatic rings. The number of rotatable bonds is 1. The van der Waals surface area contributed by atoms with E-state index in [4.69, 9.17) is 4.42 Å². The molecule has 60 valence electrons. The summed E-state index contributed by atoms with van der Waals surface area (Å²) in [6.45, 7) is 1.69. The molecule has 0 saturated heterocycles. The van der Waals surface area contributed by atoms with Gasteiger partial charge < -0.3 is 9.15 Å². The summed E-state index contributed by atoms with van der Waals surface area (Å²) >= 11 is 1.89. The van der Waals surface area contributed by atoms with Crippen molar-refractivity contribution in [1.29, 1.82) is 0 Å². The zero-order valence-electron chi connectivity index (χ0n) is 6.05. The van der Waals surface area contributed by atoms with E-state index in [0.29, 0.717) is 9.59 Å². The number of aryl methyl sites for hydroxylation is 1. The monoisotopic (exact) mass is 267 g/mol. The number of carbonyl (C=O) groups excluding carboxylic acids is 1. The Labute approximate surface area is 77.1 Å². The van der Waals surface area contributed by atoms with Crippen LogP contribution in [0.25, 0.3) is 0 Å². The summed E-state index contributed by atoms with van der Waals surface area (Å²) in [5, 5.41) is 0. The predicted octanol–water partition coefficient (Wildman–Crippen LogP) is 1.37. The van der Waals surface area contributed by atoms with Gasteiger partial charge in [0.05, 0.1) is 12.8 Å². The molecule has 0 bridgehead atoms. The van der Waals surface area contributed by atoms with Crippen LogP contribution in [-0.4, -0.2) is 18.1 Å². The fourth-order valence-electron chi connectivity index (χ4n) is 0.646. The highest BCUT2D eigenvalue weighted by molar-refractivity contribution is 14.1. The van der Waals surface area contributed by atoms with Crippen LogP contribution in [0.3, 0.4) is 0 Å². The van der Waals surface area contributed by atoms with Crippen molar-refractivity contribution in [1.82, 2.24) is 4.98 Å². The van der Waals surface area contributed by atoms with E-state index in [-0.39, 0.29) is 5.76 Å². The lowest BCUT2D eigenvalue weighted by atomic mass is 10.4. The fourth-order valence-corrected chi connectivity index (χ4v) is 1.23. The number of oxazole rings is 1. The minimum atomic E-state index is -0.488. The van der Waals surface area contributed by atoms with Crippen LogP contribution in [0.4, 0.5) is 0 Å². The molecule has 0 fully saturated rings. The van der Waals surface area contributed by atoms with E-state index >= 15 is 0 Å². The fraction of sp³-hybridized carbons (Fsp3) is 0.333. The van der Waals surface area contributed by atoms with Crippen molar-refractivity contribution in [3.63, 3.8) is 0 Å². The lowest BCUT2D eigenvalue weighted by Gasteiger charge is -1.92. The number of nitrogens with zero attached hydrogens (tertiary/aromatic N) is 1. The van der Waals surface area contributed by atoms with Crippen molar-refractivity contribution in [2.75, 3.05) is 7.11 Å². The molecule has 0 aliphatic carbocycles. The van der Waals surface area contributed by atoms with Crippen molar-refractivity contribution in [3.05, 3.63) is 15.4 Å². The molecule has 5 heteroatoms. The maximum atomic E-state index is 10.9. The van der Waals surface area contributed by atoms with E-state index in [9.17, 15) is 4.79 Å². The maximum absolute atomic E-state index is 10.9. The normalized spacial score (nSPS) is 9.73. The van der Waals surface area contributed by atoms with Gasteiger partial charge in [-0.25, -0.2) is 9.78 Å². The number of aromatic nitrogens is 1. The zero-order chi connectivity index (χ0) is 8.43. The van der Waals surface area contributed by atoms with Crippen molar-refractivity contribution in [3.8, 4) is 0 Å². The Morgan fingerprint density at radius 3 is 2.73 bits per heavy atom. The number of hydrogen-bond acceptors (Lipinski definition) is 4. The first-order valence-electron chi connectivity index (χ1n) is 2.86. The van der Waals surface area contributed by atoms with Crippen LogP contribution in [0.5, 0.6) is 0 Å². The van der Waals surface area contributed by atoms with Crippen LogP contribution >= 0.6 is 22.6 Å². The van der Waals surface area contributed by atoms with E-state index in [1.807, 2.05) is 22.6 Å². The Morgan fingerprint density at radius 2 is 2.36 bits per heavy atom. The Hall–Kier alpha value is -0.590. The number of esters is 1. The molecule has 0 aliphatic rings. The molecule has 0 aliphatic heterocycles. The Morgan fingerprint density at radius 1 is 1.73 bits per heavy atom. The van der Waals surface area contributed by atoms with Gasteiger partial charge in [0.15, 0.2) is 0 Å². The molecule has 4 nitrogen and oxygen atoms in total. The van der Waals surface area contributed by atoms with Gasteiger partial charge in [-0.15, -0.1) is 0 Å². The first-order valence-corrected chi connectivity index (χ1v) is 3.94. The summed E-state index contributed by atoms with van der Waals surface area (Å²) in [6, 6.07) is 0. The van der Waals surface area contributed by atoms with Gasteiger partial charge in [-0.05, 0) is 6.92 Å². The molecule has 0 unspecified atom stereocenters. The minimum absolute atomic E-state index is 0.178. The molecule has 0 atom stereocenters. The lowest BCUT2D eigenvalue weighted by Crippen LogP contribution is -2.00. The molecule has 0 radical (unpaired) electrons. The first-order chi connectivity index (χ1) is 5.15. The highest BCUT2D eigenvalue weighted by Crippen LogP contribution is 2.12. The standard InChI is InChI=1S/C6H6INO3/c1-3-4(5(9)10-2)11-6(7)8-3/h1-2H3. The van der Waals surface area contributed by atoms with Crippen LogP contribution < -0.4 is 0 Å². The summed E-state index contributed by atoms with van der Waals surface area (Å²) < 4.78 is 9.87. The van der Waals surface area contributed by atoms with Crippen molar-refractivity contribution < 1.29 is 13.9 Å². The molecular formula is C6H6INO3. The molecule has 1 rings (SSSR count). The van der Waals surface area contributed by atoms with Gasteiger partial charge in [-0.2, -0.15) is 0 Å². The molecule has 0 saturated carbocycles. The molecule has 0 N–H and O–H groups in total. The van der Waals surface area contributed by atoms with E-state index < -0.39 is 5.97 Å². The second-order valence-corrected chi connectivity index (χ2v) is 2.80. The van der Waals surface area contributed by atoms with Gasteiger partial charge in [-0.3, -0.25) is 0 Å². The molecule has 0 aromatic carbocycles. The Bertz CT molecular complexity index is 281. The summed E-state index contributed by atoms with van der Waals surface area (Å²) in [5.74, 6) is -0.310. The summed E-state index contributed by atoms with van der Waals surface area (Å²) in [6.07, 6.45) is 0. The van der Waals surface area contributed by atoms with Gasteiger partial charge in [-0.1, -0.05) is 0 Å². The average Bonchev–Trinajstić information content (AvgIpc) is 2.28. The van der Waals surface area contributed by atoms with Crippen LogP contribution in [0.1, 0.15) is 16.2 Å². The third kappa shape index (κ3) is 1.70. The maximum Gasteiger partial charge on any atom is 0.376 e. The van der Waals surface area contributed by atoms with E-state index in [1.54, 1.807) is 6.92 Å². The highest BCUT2D eigenvalue weighted by Gasteiger charge is 2.15. The third-order valence-electron chi connectivity index (χ3n) is 1.14. The average molecular weight is 267 g/mol. The van der Waals surface area contributed by atoms with Gasteiger partial charge >= 0.3 is 5.97 Å². The van der Waals surface area contributed by atoms with Crippen LogP contribution in [0.15, 0.2) is 4.42 Å². The molecular weight excluding hydrogens is 261 g/mol. The Balaban J connectivity index is 3.03. The largest absolute Gasteiger partial charge is 0.463 e. The third-order valence-corrected chi connectivity index (χ3v) is 1.60. The molecule has 11 heavy (non-hydrogen) atoms. The van der Waals surface area contributed by atoms with E-state index in [1.165, 1.54) is 7.11 Å². The molecule has 0 amide bonds. The second kappa shape index (κ2) is 3.21. The number of hydrogen-bond donors (Lipinski definition) is 0. The minimum Gasteiger partial charge on any atom is -0.463 e. The smallest absolute Gasteiger partial charge is 0.376 e. The van der Waals surface area contributed by atoms with E-state index in [0.717, 1.165) is 0 Å². The summed E-state index contributed by atoms with van der Waals surface area (Å²) in [4.78, 5) is 14.8. The van der Waals surface area contributed by atoms with Gasteiger partial charge in [0.2, 0.25) is 5.76 Å². The SMILES string of the molecule is COC(=O)c1oc(I)nc1C. The number of ether oxygens (including phenoxy) is 1. The second-order valence-electron chi connectivity index (χ2n) is 1.87. The lowest BCUT2D eigenvalue weighted by molar-refractivity contribution is 0.0562. The van der Waals surface area contributed by atoms with Crippen LogP contribution in [0, 0.1) is 10.8 Å². The van der Waals surface area contributed by atoms with E-state index in [2.05, 4.69) is 9.72 Å². The van der Waals surface area contributed by atoms with Gasteiger partial charge in [0, 0.05) is 22.6 Å². The number of methoxy groups -OCH3 is 1. The first kappa shape index (κ1) is 8.51. The van der Waals surface area contributed by atoms with Gasteiger partial charge in [0.1, 0.15) is 0 Å². The van der Waals surface area contributed by atoms with Gasteiger partial charge in [0.25, 0.3) is 3.90 Å². The molecule has 1 aromatic heterocycles. The highest BCUT2D eigenvalue weighted by atomic mass is 127. The van der Waals surface area contributed by atoms with Crippen LogP contribution in [0.2, 0.25) is 0 Å². The van der Waals surface area contributed by atoms with Crippen molar-refractivity contribution in [2.24, 2.45) is 0 Å². The summed E-state index contributed by atoms with van der Waals surface area (Å²) in [7, 11) is 1.30. The van der Waals surface area contributed by atoms with Crippen molar-refractivity contribution in [2.45, 2.75) is 6.92 Å². The quantitative estimate of drug-likeness (QED) is 0.569. The summed E-state index contributed by atoms with van der Waals surface area (Å²) in [5.41, 5.74) is 0.557. The topological polar surface area (TPSA) is 52.3 Å². The van der Waals surface area contributed by atoms with Crippen LogP contribution in [-0.2, 0) is 4.74 Å². The van der Waals surface area contributed by atoms with Crippen molar-refractivity contribution >= 4 is 28.6 Å². The predicted molar refractivity (Wildman–Crippen MR) is 45.3 cm³/mol. The number of halogens is 1. The molecule has 1 heterocycles. The number of carbonyl (C=O) groups is 1. The zero-order valence-corrected chi connectivity index (χ0v) is 8.21. The Kier molecular flexibility index (Phi) is 2.48.